The number of halogens is 1. The number of hydrogen-bond acceptors (Lipinski definition) is 6. The molecular formula is C25H25FN6O2. The van der Waals surface area contributed by atoms with Gasteiger partial charge in [-0.1, -0.05) is 6.07 Å². The maximum Gasteiger partial charge on any atom is 0.351 e. The highest BCUT2D eigenvalue weighted by atomic mass is 19.1. The van der Waals surface area contributed by atoms with E-state index in [1.54, 1.807) is 12.1 Å². The lowest BCUT2D eigenvalue weighted by atomic mass is 9.97. The van der Waals surface area contributed by atoms with Crippen molar-refractivity contribution in [2.45, 2.75) is 39.3 Å². The van der Waals surface area contributed by atoms with E-state index in [4.69, 9.17) is 9.72 Å². The molecule has 6 rings (SSSR count). The second kappa shape index (κ2) is 8.02. The molecule has 0 saturated carbocycles. The van der Waals surface area contributed by atoms with Crippen molar-refractivity contribution in [3.63, 3.8) is 0 Å². The predicted molar refractivity (Wildman–Crippen MR) is 126 cm³/mol. The van der Waals surface area contributed by atoms with Gasteiger partial charge in [0.05, 0.1) is 12.6 Å². The summed E-state index contributed by atoms with van der Waals surface area (Å²) in [7, 11) is 0. The van der Waals surface area contributed by atoms with E-state index in [1.165, 1.54) is 15.1 Å². The van der Waals surface area contributed by atoms with Gasteiger partial charge in [0.25, 0.3) is 5.78 Å². The van der Waals surface area contributed by atoms with Crippen LogP contribution >= 0.6 is 0 Å². The lowest BCUT2D eigenvalue weighted by Gasteiger charge is -2.30. The molecule has 0 spiro atoms. The number of hydrogen-bond donors (Lipinski definition) is 0. The summed E-state index contributed by atoms with van der Waals surface area (Å²) in [6, 6.07) is 6.88. The summed E-state index contributed by atoms with van der Waals surface area (Å²) in [4.78, 5) is 24.5. The molecule has 1 fully saturated rings. The quantitative estimate of drug-likeness (QED) is 0.467. The van der Waals surface area contributed by atoms with Crippen molar-refractivity contribution in [2.24, 2.45) is 0 Å². The topological polar surface area (TPSA) is 77.6 Å². The van der Waals surface area contributed by atoms with Gasteiger partial charge in [0.1, 0.15) is 11.6 Å². The highest BCUT2D eigenvalue weighted by Gasteiger charge is 2.25. The normalized spacial score (nSPS) is 18.0. The van der Waals surface area contributed by atoms with Crippen LogP contribution in [0.2, 0.25) is 0 Å². The third kappa shape index (κ3) is 3.47. The van der Waals surface area contributed by atoms with Gasteiger partial charge in [-0.15, -0.1) is 5.10 Å². The zero-order valence-electron chi connectivity index (χ0n) is 19.2. The molecule has 0 aliphatic carbocycles. The van der Waals surface area contributed by atoms with Crippen LogP contribution in [0.15, 0.2) is 41.5 Å². The first-order valence-corrected chi connectivity index (χ1v) is 11.5. The predicted octanol–water partition coefficient (Wildman–Crippen LogP) is 3.23. The van der Waals surface area contributed by atoms with Crippen LogP contribution in [-0.2, 0) is 17.7 Å². The lowest BCUT2D eigenvalue weighted by Crippen LogP contribution is -2.32. The number of anilines is 1. The minimum atomic E-state index is -0.257. The monoisotopic (exact) mass is 460 g/mol. The van der Waals surface area contributed by atoms with E-state index in [0.717, 1.165) is 58.7 Å². The zero-order valence-corrected chi connectivity index (χ0v) is 19.2. The first-order valence-electron chi connectivity index (χ1n) is 11.5. The number of benzene rings is 1. The number of aromatic nitrogens is 5. The van der Waals surface area contributed by atoms with Gasteiger partial charge in [-0.25, -0.2) is 18.3 Å². The van der Waals surface area contributed by atoms with E-state index < -0.39 is 0 Å². The van der Waals surface area contributed by atoms with Crippen molar-refractivity contribution >= 4 is 11.6 Å². The molecule has 1 saturated heterocycles. The van der Waals surface area contributed by atoms with Crippen molar-refractivity contribution < 1.29 is 9.13 Å². The number of pyridine rings is 1. The highest BCUT2D eigenvalue weighted by molar-refractivity contribution is 5.67. The first kappa shape index (κ1) is 21.0. The van der Waals surface area contributed by atoms with Gasteiger partial charge in [0.2, 0.25) is 0 Å². The number of fused-ring (bicyclic) bond motifs is 2. The maximum absolute atomic E-state index is 13.9. The van der Waals surface area contributed by atoms with Crippen LogP contribution in [0, 0.1) is 19.7 Å². The Morgan fingerprint density at radius 3 is 2.88 bits per heavy atom. The van der Waals surface area contributed by atoms with Crippen LogP contribution in [0.3, 0.4) is 0 Å². The highest BCUT2D eigenvalue weighted by Crippen LogP contribution is 2.30. The fraction of sp³-hybridized carbons (Fsp3) is 0.360. The Kier molecular flexibility index (Phi) is 4.95. The molecule has 0 bridgehead atoms. The summed E-state index contributed by atoms with van der Waals surface area (Å²) in [6.07, 6.45) is 5.21. The summed E-state index contributed by atoms with van der Waals surface area (Å²) in [5.41, 5.74) is 5.63. The molecule has 4 aromatic rings. The molecule has 5 heterocycles. The van der Waals surface area contributed by atoms with E-state index >= 15 is 0 Å². The van der Waals surface area contributed by atoms with Crippen molar-refractivity contribution in [3.8, 4) is 11.1 Å². The fourth-order valence-electron chi connectivity index (χ4n) is 4.94. The summed E-state index contributed by atoms with van der Waals surface area (Å²) in [5, 5.41) is 4.51. The SMILES string of the molecule is Cc1ccc(F)cc1-c1cnc2c(c1)CN(c1nc3nn(C4CCOC4)c(=O)n3cc1C)CC2. The van der Waals surface area contributed by atoms with Gasteiger partial charge >= 0.3 is 5.69 Å². The van der Waals surface area contributed by atoms with Gasteiger partial charge in [-0.05, 0) is 55.2 Å². The molecule has 34 heavy (non-hydrogen) atoms. The van der Waals surface area contributed by atoms with Gasteiger partial charge in [-0.2, -0.15) is 4.98 Å². The standard InChI is InChI=1S/C25H25FN6O2/c1-15-3-4-19(26)10-21(15)17-9-18-13-30(7-5-22(18)27-11-17)23-16(2)12-31-24(28-23)29-32(25(31)33)20-6-8-34-14-20/h3-4,9-12,20H,5-8,13-14H2,1-2H3. The Labute approximate surface area is 195 Å². The van der Waals surface area contributed by atoms with Crippen LogP contribution in [-0.4, -0.2) is 43.9 Å². The number of ether oxygens (including phenoxy) is 1. The first-order chi connectivity index (χ1) is 16.5. The smallest absolute Gasteiger partial charge is 0.351 e. The number of nitrogens with zero attached hydrogens (tertiary/aromatic N) is 6. The summed E-state index contributed by atoms with van der Waals surface area (Å²) < 4.78 is 22.3. The molecular weight excluding hydrogens is 435 g/mol. The Morgan fingerprint density at radius 2 is 2.06 bits per heavy atom. The Morgan fingerprint density at radius 1 is 1.18 bits per heavy atom. The molecule has 0 radical (unpaired) electrons. The average Bonchev–Trinajstić information content (AvgIpc) is 3.48. The van der Waals surface area contributed by atoms with Crippen LogP contribution in [0.25, 0.3) is 16.9 Å². The Balaban J connectivity index is 1.35. The molecule has 1 atom stereocenters. The van der Waals surface area contributed by atoms with Crippen LogP contribution in [0.1, 0.15) is 34.8 Å². The molecule has 3 aromatic heterocycles. The van der Waals surface area contributed by atoms with Crippen molar-refractivity contribution in [1.29, 1.82) is 0 Å². The van der Waals surface area contributed by atoms with Crippen LogP contribution in [0.5, 0.6) is 0 Å². The molecule has 8 nitrogen and oxygen atoms in total. The van der Waals surface area contributed by atoms with Crippen LogP contribution in [0.4, 0.5) is 10.2 Å². The maximum atomic E-state index is 13.9. The fourth-order valence-corrected chi connectivity index (χ4v) is 4.94. The molecule has 0 N–H and O–H groups in total. The van der Waals surface area contributed by atoms with Gasteiger partial charge in [0.15, 0.2) is 0 Å². The molecule has 2 aliphatic rings. The van der Waals surface area contributed by atoms with E-state index in [2.05, 4.69) is 21.0 Å². The summed E-state index contributed by atoms with van der Waals surface area (Å²) in [5.74, 6) is 0.947. The summed E-state index contributed by atoms with van der Waals surface area (Å²) >= 11 is 0. The van der Waals surface area contributed by atoms with E-state index in [1.807, 2.05) is 26.2 Å². The number of aryl methyl sites for hydroxylation is 2. The van der Waals surface area contributed by atoms with E-state index in [9.17, 15) is 9.18 Å². The van der Waals surface area contributed by atoms with Crippen molar-refractivity contribution in [1.82, 2.24) is 24.1 Å². The zero-order chi connectivity index (χ0) is 23.4. The van der Waals surface area contributed by atoms with Crippen LogP contribution < -0.4 is 10.6 Å². The van der Waals surface area contributed by atoms with Gasteiger partial charge in [0, 0.05) is 55.3 Å². The summed E-state index contributed by atoms with van der Waals surface area (Å²) in [6.45, 7) is 6.48. The second-order valence-corrected chi connectivity index (χ2v) is 9.12. The minimum Gasteiger partial charge on any atom is -0.379 e. The molecule has 0 amide bonds. The molecule has 9 heteroatoms. The number of rotatable bonds is 3. The second-order valence-electron chi connectivity index (χ2n) is 9.12. The molecule has 1 unspecified atom stereocenters. The van der Waals surface area contributed by atoms with Crippen molar-refractivity contribution in [3.05, 3.63) is 75.3 Å². The minimum absolute atomic E-state index is 0.0457. The third-order valence-corrected chi connectivity index (χ3v) is 6.80. The van der Waals surface area contributed by atoms with E-state index in [-0.39, 0.29) is 17.5 Å². The van der Waals surface area contributed by atoms with Crippen molar-refractivity contribution in [2.75, 3.05) is 24.7 Å². The largest absolute Gasteiger partial charge is 0.379 e. The Hall–Kier alpha value is -3.59. The van der Waals surface area contributed by atoms with Gasteiger partial charge in [-0.3, -0.25) is 4.98 Å². The molecule has 174 valence electrons. The lowest BCUT2D eigenvalue weighted by molar-refractivity contribution is 0.184. The third-order valence-electron chi connectivity index (χ3n) is 6.80. The molecule has 2 aliphatic heterocycles. The van der Waals surface area contributed by atoms with Gasteiger partial charge < -0.3 is 9.64 Å². The van der Waals surface area contributed by atoms with E-state index in [0.29, 0.717) is 25.5 Å². The Bertz CT molecular complexity index is 1470. The average molecular weight is 461 g/mol. The molecule has 1 aromatic carbocycles.